The zero-order valence-corrected chi connectivity index (χ0v) is 19.1. The number of aliphatic carboxylic acids is 1. The first-order valence-corrected chi connectivity index (χ1v) is 12.1. The molecule has 2 amide bonds. The van der Waals surface area contributed by atoms with Gasteiger partial charge in [0.2, 0.25) is 5.91 Å². The summed E-state index contributed by atoms with van der Waals surface area (Å²) >= 11 is 1.29. The molecule has 7 nitrogen and oxygen atoms in total. The lowest BCUT2D eigenvalue weighted by molar-refractivity contribution is -0.143. The smallest absolute Gasteiger partial charge is 0.407 e. The number of hydrogen-bond acceptors (Lipinski definition) is 5. The number of carboxylic acid groups (broad SMARTS) is 1. The molecule has 3 N–H and O–H groups in total. The van der Waals surface area contributed by atoms with Gasteiger partial charge in [-0.3, -0.25) is 4.79 Å². The number of carbonyl (C=O) groups excluding carboxylic acids is 2. The zero-order valence-electron chi connectivity index (χ0n) is 18.3. The van der Waals surface area contributed by atoms with Crippen molar-refractivity contribution >= 4 is 29.3 Å². The fourth-order valence-corrected chi connectivity index (χ4v) is 5.49. The number of hydrogen-bond donors (Lipinski definition) is 3. The first kappa shape index (κ1) is 22.2. The molecule has 0 bridgehead atoms. The Bertz CT molecular complexity index is 1170. The lowest BCUT2D eigenvalue weighted by Crippen LogP contribution is -2.50. The van der Waals surface area contributed by atoms with Gasteiger partial charge in [0.15, 0.2) is 6.04 Å². The predicted octanol–water partition coefficient (Wildman–Crippen LogP) is 4.31. The summed E-state index contributed by atoms with van der Waals surface area (Å²) in [4.78, 5) is 37.0. The second-order valence-electron chi connectivity index (χ2n) is 8.63. The van der Waals surface area contributed by atoms with Crippen LogP contribution in [-0.2, 0) is 14.3 Å². The van der Waals surface area contributed by atoms with Crippen molar-refractivity contribution < 1.29 is 24.2 Å². The molecule has 2 aliphatic rings. The topological polar surface area (TPSA) is 105 Å². The van der Waals surface area contributed by atoms with Crippen LogP contribution in [0.15, 0.2) is 66.0 Å². The maximum atomic E-state index is 12.5. The molecule has 174 valence electrons. The molecule has 1 unspecified atom stereocenters. The summed E-state index contributed by atoms with van der Waals surface area (Å²) in [6.07, 6.45) is 0.396. The Morgan fingerprint density at radius 1 is 0.971 bits per heavy atom. The molecule has 34 heavy (non-hydrogen) atoms. The van der Waals surface area contributed by atoms with E-state index in [9.17, 15) is 19.5 Å². The van der Waals surface area contributed by atoms with Crippen molar-refractivity contribution in [1.29, 1.82) is 0 Å². The number of carboxylic acids is 1. The van der Waals surface area contributed by atoms with Gasteiger partial charge in [-0.25, -0.2) is 9.59 Å². The number of ether oxygens (including phenoxy) is 1. The first-order valence-electron chi connectivity index (χ1n) is 11.2. The molecule has 3 aromatic rings. The molecule has 2 aromatic carbocycles. The summed E-state index contributed by atoms with van der Waals surface area (Å²) in [6.45, 7) is 0.234. The van der Waals surface area contributed by atoms with Crippen molar-refractivity contribution in [3.05, 3.63) is 82.0 Å². The molecule has 1 aromatic heterocycles. The van der Waals surface area contributed by atoms with E-state index in [2.05, 4.69) is 34.9 Å². The van der Waals surface area contributed by atoms with Crippen molar-refractivity contribution in [2.24, 2.45) is 5.92 Å². The SMILES string of the molecule is O=C(NC1CC(C(=O)NC(C(=O)O)c2cccs2)C1)OCC1c2ccccc2-c2ccccc21. The summed E-state index contributed by atoms with van der Waals surface area (Å²) in [5, 5.41) is 16.6. The normalized spacial score (nSPS) is 19.3. The Balaban J connectivity index is 1.11. The molecule has 0 saturated heterocycles. The van der Waals surface area contributed by atoms with E-state index in [4.69, 9.17) is 4.74 Å². The van der Waals surface area contributed by atoms with Gasteiger partial charge in [-0.15, -0.1) is 11.3 Å². The number of amides is 2. The van der Waals surface area contributed by atoms with Crippen LogP contribution < -0.4 is 10.6 Å². The maximum absolute atomic E-state index is 12.5. The lowest BCUT2D eigenvalue weighted by atomic mass is 9.79. The number of fused-ring (bicyclic) bond motifs is 3. The summed E-state index contributed by atoms with van der Waals surface area (Å²) in [5.74, 6) is -1.75. The largest absolute Gasteiger partial charge is 0.479 e. The third-order valence-corrected chi connectivity index (χ3v) is 7.47. The van der Waals surface area contributed by atoms with E-state index in [-0.39, 0.29) is 30.4 Å². The van der Waals surface area contributed by atoms with Gasteiger partial charge in [0.25, 0.3) is 0 Å². The van der Waals surface area contributed by atoms with Crippen molar-refractivity contribution in [2.75, 3.05) is 6.61 Å². The number of alkyl carbamates (subject to hydrolysis) is 1. The van der Waals surface area contributed by atoms with Gasteiger partial charge >= 0.3 is 12.1 Å². The summed E-state index contributed by atoms with van der Waals surface area (Å²) < 4.78 is 5.56. The second-order valence-corrected chi connectivity index (χ2v) is 9.61. The molecule has 8 heteroatoms. The van der Waals surface area contributed by atoms with Crippen LogP contribution in [0.5, 0.6) is 0 Å². The van der Waals surface area contributed by atoms with Crippen molar-refractivity contribution in [3.63, 3.8) is 0 Å². The van der Waals surface area contributed by atoms with Crippen molar-refractivity contribution in [3.8, 4) is 11.1 Å². The molecule has 0 radical (unpaired) electrons. The summed E-state index contributed by atoms with van der Waals surface area (Å²) in [5.41, 5.74) is 4.63. The minimum atomic E-state index is -1.09. The van der Waals surface area contributed by atoms with Gasteiger partial charge in [0, 0.05) is 22.8 Å². The summed E-state index contributed by atoms with van der Waals surface area (Å²) in [6, 6.07) is 18.5. The average Bonchev–Trinajstić information content (AvgIpc) is 3.44. The number of thiophene rings is 1. The van der Waals surface area contributed by atoms with Crippen molar-refractivity contribution in [1.82, 2.24) is 10.6 Å². The first-order chi connectivity index (χ1) is 16.5. The fourth-order valence-electron chi connectivity index (χ4n) is 4.73. The van der Waals surface area contributed by atoms with Gasteiger partial charge in [-0.2, -0.15) is 0 Å². The Morgan fingerprint density at radius 2 is 1.62 bits per heavy atom. The van der Waals surface area contributed by atoms with E-state index >= 15 is 0 Å². The third-order valence-electron chi connectivity index (χ3n) is 6.54. The van der Waals surface area contributed by atoms with Crippen LogP contribution in [0.4, 0.5) is 4.79 Å². The number of rotatable bonds is 7. The maximum Gasteiger partial charge on any atom is 0.407 e. The Hall–Kier alpha value is -3.65. The lowest BCUT2D eigenvalue weighted by Gasteiger charge is -2.35. The minimum Gasteiger partial charge on any atom is -0.479 e. The highest BCUT2D eigenvalue weighted by atomic mass is 32.1. The molecule has 1 atom stereocenters. The van der Waals surface area contributed by atoms with Crippen LogP contribution in [0.1, 0.15) is 40.8 Å². The zero-order chi connectivity index (χ0) is 23.7. The quantitative estimate of drug-likeness (QED) is 0.471. The van der Waals surface area contributed by atoms with Gasteiger partial charge in [0.1, 0.15) is 6.61 Å². The highest BCUT2D eigenvalue weighted by molar-refractivity contribution is 7.10. The van der Waals surface area contributed by atoms with E-state index in [1.165, 1.54) is 22.5 Å². The highest BCUT2D eigenvalue weighted by Gasteiger charge is 2.38. The van der Waals surface area contributed by atoms with E-state index in [1.807, 2.05) is 24.3 Å². The van der Waals surface area contributed by atoms with Gasteiger partial charge < -0.3 is 20.5 Å². The summed E-state index contributed by atoms with van der Waals surface area (Å²) in [7, 11) is 0. The number of carbonyl (C=O) groups is 3. The minimum absolute atomic E-state index is 0.0109. The predicted molar refractivity (Wildman–Crippen MR) is 128 cm³/mol. The van der Waals surface area contributed by atoms with Crippen LogP contribution in [0.25, 0.3) is 11.1 Å². The van der Waals surface area contributed by atoms with Gasteiger partial charge in [-0.1, -0.05) is 54.6 Å². The second kappa shape index (κ2) is 9.30. The number of nitrogens with one attached hydrogen (secondary N) is 2. The molecular weight excluding hydrogens is 452 g/mol. The standard InChI is InChI=1S/C26H24N2O5S/c29-24(28-23(25(30)31)22-10-5-11-34-22)15-12-16(13-15)27-26(32)33-14-21-19-8-3-1-6-17(19)18-7-2-4-9-20(18)21/h1-11,15-16,21,23H,12-14H2,(H,27,32)(H,28,29)(H,30,31). The molecule has 1 heterocycles. The van der Waals surface area contributed by atoms with Crippen LogP contribution >= 0.6 is 11.3 Å². The van der Waals surface area contributed by atoms with Crippen LogP contribution in [0.2, 0.25) is 0 Å². The average molecular weight is 477 g/mol. The van der Waals surface area contributed by atoms with E-state index < -0.39 is 18.1 Å². The Morgan fingerprint density at radius 3 is 2.21 bits per heavy atom. The van der Waals surface area contributed by atoms with Gasteiger partial charge in [-0.05, 0) is 46.5 Å². The molecule has 5 rings (SSSR count). The van der Waals surface area contributed by atoms with E-state index in [0.717, 1.165) is 11.1 Å². The van der Waals surface area contributed by atoms with E-state index in [0.29, 0.717) is 17.7 Å². The van der Waals surface area contributed by atoms with Crippen LogP contribution in [0.3, 0.4) is 0 Å². The molecule has 0 spiro atoms. The molecule has 2 aliphatic carbocycles. The molecule has 1 fully saturated rings. The Kier molecular flexibility index (Phi) is 6.06. The molecule has 0 aliphatic heterocycles. The Labute approximate surface area is 200 Å². The monoisotopic (exact) mass is 476 g/mol. The van der Waals surface area contributed by atoms with Gasteiger partial charge in [0.05, 0.1) is 0 Å². The van der Waals surface area contributed by atoms with E-state index in [1.54, 1.807) is 17.5 Å². The molecular formula is C26H24N2O5S. The highest BCUT2D eigenvalue weighted by Crippen LogP contribution is 2.44. The number of benzene rings is 2. The molecule has 1 saturated carbocycles. The van der Waals surface area contributed by atoms with Crippen LogP contribution in [0, 0.1) is 5.92 Å². The third kappa shape index (κ3) is 4.28. The van der Waals surface area contributed by atoms with Crippen LogP contribution in [-0.4, -0.2) is 35.7 Å². The fraction of sp³-hybridized carbons (Fsp3) is 0.269. The van der Waals surface area contributed by atoms with Crippen molar-refractivity contribution in [2.45, 2.75) is 30.8 Å².